The van der Waals surface area contributed by atoms with Gasteiger partial charge in [0.05, 0.1) is 0 Å². The average molecular weight is 179 g/mol. The number of unbranched alkanes of at least 4 members (excludes halogenated alkanes) is 1. The summed E-state index contributed by atoms with van der Waals surface area (Å²) in [6, 6.07) is 0. The summed E-state index contributed by atoms with van der Waals surface area (Å²) < 4.78 is 10.4. The fourth-order valence-electron chi connectivity index (χ4n) is 0.610. The minimum Gasteiger partial charge on any atom is -0.161 e. The van der Waals surface area contributed by atoms with Crippen molar-refractivity contribution in [3.8, 4) is 0 Å². The van der Waals surface area contributed by atoms with Gasteiger partial charge in [0, 0.05) is 0 Å². The minimum atomic E-state index is -1.92. The summed E-state index contributed by atoms with van der Waals surface area (Å²) in [6.45, 7) is 3.89. The van der Waals surface area contributed by atoms with Gasteiger partial charge in [0.15, 0.2) is 23.0 Å². The van der Waals surface area contributed by atoms with E-state index in [0.717, 1.165) is 19.3 Å². The van der Waals surface area contributed by atoms with E-state index in [-0.39, 0.29) is 23.0 Å². The van der Waals surface area contributed by atoms with Crippen LogP contribution in [0.5, 0.6) is 0 Å². The lowest BCUT2D eigenvalue weighted by Crippen LogP contribution is -1.93. The van der Waals surface area contributed by atoms with Crippen LogP contribution in [0.1, 0.15) is 33.1 Å². The Bertz CT molecular complexity index is 97.7. The van der Waals surface area contributed by atoms with Crippen LogP contribution in [-0.4, -0.2) is 27.9 Å². The van der Waals surface area contributed by atoms with Crippen LogP contribution >= 0.6 is 8.03 Å². The first-order chi connectivity index (χ1) is 4.18. The maximum absolute atomic E-state index is 10.4. The third-order valence-electron chi connectivity index (χ3n) is 1.35. The second kappa shape index (κ2) is 7.70. The topological polar surface area (TPSA) is 37.3 Å². The zero-order chi connectivity index (χ0) is 7.28. The molecule has 0 saturated heterocycles. The van der Waals surface area contributed by atoms with Gasteiger partial charge in [-0.25, -0.2) is 0 Å². The summed E-state index contributed by atoms with van der Waals surface area (Å²) in [6.07, 6.45) is 3.04. The quantitative estimate of drug-likeness (QED) is 0.518. The molecular formula is C6H17AlO2P+. The van der Waals surface area contributed by atoms with Crippen molar-refractivity contribution in [2.75, 3.05) is 0 Å². The van der Waals surface area contributed by atoms with Gasteiger partial charge in [-0.2, -0.15) is 4.89 Å². The molecule has 4 heteroatoms. The molecule has 0 aliphatic heterocycles. The smallest absolute Gasteiger partial charge is 0.161 e. The Kier molecular flexibility index (Phi) is 10.2. The normalized spacial score (nSPS) is 13.7. The summed E-state index contributed by atoms with van der Waals surface area (Å²) >= 11 is 0. The van der Waals surface area contributed by atoms with Crippen molar-refractivity contribution in [2.45, 2.75) is 38.8 Å². The second-order valence-electron chi connectivity index (χ2n) is 2.29. The Morgan fingerprint density at radius 1 is 1.60 bits per heavy atom. The zero-order valence-corrected chi connectivity index (χ0v) is 6.90. The molecule has 0 bridgehead atoms. The van der Waals surface area contributed by atoms with E-state index >= 15 is 0 Å². The van der Waals surface area contributed by atoms with Crippen LogP contribution in [0.2, 0.25) is 0 Å². The average Bonchev–Trinajstić information content (AvgIpc) is 1.82. The van der Waals surface area contributed by atoms with Gasteiger partial charge in [-0.1, -0.05) is 13.3 Å². The fourth-order valence-corrected chi connectivity index (χ4v) is 1.01. The molecule has 0 heterocycles. The fraction of sp³-hybridized carbons (Fsp3) is 1.00. The third kappa shape index (κ3) is 6.71. The standard InChI is InChI=1S/C6H13O2P.Al.3H/c1-3-4-5-6(2)9(7)8;;;;/h6H,3-5H2,1-2H3;;;;/p+1. The van der Waals surface area contributed by atoms with Gasteiger partial charge in [-0.05, 0) is 24.3 Å². The molecule has 0 saturated carbocycles. The molecule has 0 aliphatic rings. The lowest BCUT2D eigenvalue weighted by Gasteiger charge is -1.93. The summed E-state index contributed by atoms with van der Waals surface area (Å²) in [5, 5.41) is 0. The van der Waals surface area contributed by atoms with E-state index in [9.17, 15) is 4.57 Å². The number of hydrogen-bond acceptors (Lipinski definition) is 1. The SMILES string of the molecule is CCCCC(C)[P+](=O)O.[AlH3]. The first-order valence-electron chi connectivity index (χ1n) is 3.33. The molecule has 60 valence electrons. The number of hydrogen-bond donors (Lipinski definition) is 1. The highest BCUT2D eigenvalue weighted by Gasteiger charge is 2.21. The van der Waals surface area contributed by atoms with Crippen LogP contribution in [-0.2, 0) is 4.57 Å². The van der Waals surface area contributed by atoms with Crippen molar-refractivity contribution in [3.05, 3.63) is 0 Å². The van der Waals surface area contributed by atoms with Gasteiger partial charge in [0.25, 0.3) is 0 Å². The third-order valence-corrected chi connectivity index (χ3v) is 2.36. The van der Waals surface area contributed by atoms with Crippen LogP contribution in [0.3, 0.4) is 0 Å². The predicted octanol–water partition coefficient (Wildman–Crippen LogP) is 1.12. The van der Waals surface area contributed by atoms with Crippen LogP contribution in [0.15, 0.2) is 0 Å². The van der Waals surface area contributed by atoms with Crippen LogP contribution in [0.4, 0.5) is 0 Å². The molecule has 0 rings (SSSR count). The Hall–Kier alpha value is 0.592. The molecule has 0 aliphatic carbocycles. The van der Waals surface area contributed by atoms with Gasteiger partial charge in [0.1, 0.15) is 0 Å². The summed E-state index contributed by atoms with van der Waals surface area (Å²) in [4.78, 5) is 8.56. The second-order valence-corrected chi connectivity index (χ2v) is 3.78. The van der Waals surface area contributed by atoms with Crippen molar-refractivity contribution in [3.63, 3.8) is 0 Å². The van der Waals surface area contributed by atoms with Gasteiger partial charge < -0.3 is 0 Å². The van der Waals surface area contributed by atoms with Gasteiger partial charge in [0.2, 0.25) is 0 Å². The molecule has 0 aromatic rings. The first-order valence-corrected chi connectivity index (χ1v) is 4.62. The molecule has 2 unspecified atom stereocenters. The van der Waals surface area contributed by atoms with E-state index in [1.54, 1.807) is 0 Å². The highest BCUT2D eigenvalue weighted by Crippen LogP contribution is 2.25. The minimum absolute atomic E-state index is 0. The first kappa shape index (κ1) is 13.2. The maximum atomic E-state index is 10.4. The van der Waals surface area contributed by atoms with Gasteiger partial charge in [-0.3, -0.25) is 0 Å². The van der Waals surface area contributed by atoms with E-state index in [2.05, 4.69) is 6.92 Å². The highest BCUT2D eigenvalue weighted by atomic mass is 31.1. The molecule has 0 spiro atoms. The zero-order valence-electron chi connectivity index (χ0n) is 6.00. The molecule has 0 fully saturated rings. The van der Waals surface area contributed by atoms with E-state index in [4.69, 9.17) is 4.89 Å². The largest absolute Gasteiger partial charge is 0.508 e. The molecular weight excluding hydrogens is 162 g/mol. The van der Waals surface area contributed by atoms with E-state index < -0.39 is 8.03 Å². The molecule has 0 aromatic heterocycles. The monoisotopic (exact) mass is 179 g/mol. The summed E-state index contributed by atoms with van der Waals surface area (Å²) in [7, 11) is -1.92. The Balaban J connectivity index is 0. The van der Waals surface area contributed by atoms with Gasteiger partial charge >= 0.3 is 8.03 Å². The lowest BCUT2D eigenvalue weighted by atomic mass is 10.2. The molecule has 10 heavy (non-hydrogen) atoms. The van der Waals surface area contributed by atoms with Crippen molar-refractivity contribution < 1.29 is 9.46 Å². The molecule has 2 nitrogen and oxygen atoms in total. The van der Waals surface area contributed by atoms with Crippen LogP contribution in [0, 0.1) is 0 Å². The van der Waals surface area contributed by atoms with Crippen molar-refractivity contribution in [2.24, 2.45) is 0 Å². The lowest BCUT2D eigenvalue weighted by molar-refractivity contribution is 0.485. The molecule has 0 amide bonds. The van der Waals surface area contributed by atoms with Crippen molar-refractivity contribution >= 4 is 25.4 Å². The summed E-state index contributed by atoms with van der Waals surface area (Å²) in [5.41, 5.74) is -0.0139. The summed E-state index contributed by atoms with van der Waals surface area (Å²) in [5.74, 6) is 0. The Morgan fingerprint density at radius 3 is 2.40 bits per heavy atom. The molecule has 0 radical (unpaired) electrons. The van der Waals surface area contributed by atoms with Crippen molar-refractivity contribution in [1.29, 1.82) is 0 Å². The van der Waals surface area contributed by atoms with Crippen molar-refractivity contribution in [1.82, 2.24) is 0 Å². The Morgan fingerprint density at radius 2 is 2.10 bits per heavy atom. The molecule has 0 aromatic carbocycles. The highest BCUT2D eigenvalue weighted by molar-refractivity contribution is 7.38. The molecule has 2 atom stereocenters. The van der Waals surface area contributed by atoms with E-state index in [1.165, 1.54) is 0 Å². The van der Waals surface area contributed by atoms with Crippen LogP contribution in [0.25, 0.3) is 0 Å². The molecule has 1 N–H and O–H groups in total. The maximum Gasteiger partial charge on any atom is 0.508 e. The number of rotatable bonds is 4. The van der Waals surface area contributed by atoms with Crippen LogP contribution < -0.4 is 0 Å². The Labute approximate surface area is 74.0 Å². The van der Waals surface area contributed by atoms with E-state index in [0.29, 0.717) is 0 Å². The predicted molar refractivity (Wildman–Crippen MR) is 48.8 cm³/mol. The van der Waals surface area contributed by atoms with Gasteiger partial charge in [-0.15, -0.1) is 0 Å². The van der Waals surface area contributed by atoms with E-state index in [1.807, 2.05) is 6.92 Å².